The van der Waals surface area contributed by atoms with E-state index in [1.165, 1.54) is 29.2 Å². The largest absolute Gasteiger partial charge is 0.487 e. The lowest BCUT2D eigenvalue weighted by Crippen LogP contribution is -2.42. The Hall–Kier alpha value is -4.54. The van der Waals surface area contributed by atoms with E-state index in [9.17, 15) is 13.6 Å². The fraction of sp³-hybridized carbons (Fsp3) is 0.395. The van der Waals surface area contributed by atoms with Crippen molar-refractivity contribution in [2.45, 2.75) is 90.9 Å². The van der Waals surface area contributed by atoms with Crippen LogP contribution in [0.4, 0.5) is 19.3 Å². The summed E-state index contributed by atoms with van der Waals surface area (Å²) in [6.45, 7) is 16.7. The molecule has 1 saturated heterocycles. The van der Waals surface area contributed by atoms with Crippen molar-refractivity contribution in [3.05, 3.63) is 131 Å². The lowest BCUT2D eigenvalue weighted by Gasteiger charge is -2.39. The SMILES string of the molecule is CC(C)(C)C(C)(C)Oc1ccc(C(Nc2ccc(F)cc2)[C@@H](CC[C@H](O[Si](C)(C)C)c2ccc(F)cc2)C(=O)N2C(=O)OCC2c2ccccc2)cc1. The number of carbonyl (C=O) groups excluding carboxylic acids is 2. The van der Waals surface area contributed by atoms with Gasteiger partial charge in [0.15, 0.2) is 8.32 Å². The summed E-state index contributed by atoms with van der Waals surface area (Å²) in [4.78, 5) is 29.7. The molecule has 4 atom stereocenters. The molecule has 4 aromatic rings. The zero-order valence-corrected chi connectivity index (χ0v) is 33.0. The topological polar surface area (TPSA) is 77.1 Å². The van der Waals surface area contributed by atoms with Crippen LogP contribution in [0.15, 0.2) is 103 Å². The average Bonchev–Trinajstić information content (AvgIpc) is 3.49. The fourth-order valence-electron chi connectivity index (χ4n) is 6.26. The molecular weight excluding hydrogens is 691 g/mol. The second-order valence-corrected chi connectivity index (χ2v) is 20.7. The molecule has 0 aliphatic carbocycles. The van der Waals surface area contributed by atoms with Crippen LogP contribution < -0.4 is 10.1 Å². The lowest BCUT2D eigenvalue weighted by molar-refractivity contribution is -0.134. The first-order valence-electron chi connectivity index (χ1n) is 18.2. The summed E-state index contributed by atoms with van der Waals surface area (Å²) >= 11 is 0. The van der Waals surface area contributed by atoms with E-state index in [1.807, 2.05) is 68.4 Å². The normalized spacial score (nSPS) is 16.8. The third-order valence-corrected chi connectivity index (χ3v) is 11.1. The van der Waals surface area contributed by atoms with E-state index in [2.05, 4.69) is 45.7 Å². The van der Waals surface area contributed by atoms with E-state index in [0.717, 1.165) is 16.7 Å². The molecule has 282 valence electrons. The number of nitrogens with zero attached hydrogens (tertiary/aromatic N) is 1. The number of hydrogen-bond acceptors (Lipinski definition) is 6. The minimum absolute atomic E-state index is 0.0316. The minimum atomic E-state index is -2.13. The maximum absolute atomic E-state index is 15.1. The van der Waals surface area contributed by atoms with Crippen molar-refractivity contribution in [2.75, 3.05) is 11.9 Å². The first-order valence-corrected chi connectivity index (χ1v) is 21.6. The van der Waals surface area contributed by atoms with Gasteiger partial charge in [-0.1, -0.05) is 75.4 Å². The van der Waals surface area contributed by atoms with Gasteiger partial charge in [0.1, 0.15) is 35.6 Å². The molecule has 0 radical (unpaired) electrons. The fourth-order valence-corrected chi connectivity index (χ4v) is 7.37. The van der Waals surface area contributed by atoms with Crippen molar-refractivity contribution in [3.63, 3.8) is 0 Å². The number of anilines is 1. The molecule has 1 heterocycles. The van der Waals surface area contributed by atoms with E-state index in [-0.39, 0.29) is 30.1 Å². The quantitative estimate of drug-likeness (QED) is 0.130. The molecular formula is C43H52F2N2O5Si. The smallest absolute Gasteiger partial charge is 0.417 e. The number of halogens is 2. The van der Waals surface area contributed by atoms with Crippen LogP contribution in [0.5, 0.6) is 5.75 Å². The molecule has 1 aliphatic heterocycles. The Balaban J connectivity index is 1.59. The van der Waals surface area contributed by atoms with Gasteiger partial charge in [-0.3, -0.25) is 4.79 Å². The van der Waals surface area contributed by atoms with Crippen LogP contribution in [0.1, 0.15) is 82.3 Å². The molecule has 0 aromatic heterocycles. The number of hydrogen-bond donors (Lipinski definition) is 1. The van der Waals surface area contributed by atoms with Gasteiger partial charge in [-0.05, 0) is 112 Å². The number of benzene rings is 4. The molecule has 53 heavy (non-hydrogen) atoms. The zero-order valence-electron chi connectivity index (χ0n) is 32.0. The van der Waals surface area contributed by atoms with Crippen LogP contribution in [0.2, 0.25) is 19.6 Å². The summed E-state index contributed by atoms with van der Waals surface area (Å²) in [5.74, 6) is -1.32. The minimum Gasteiger partial charge on any atom is -0.487 e. The van der Waals surface area contributed by atoms with Crippen molar-refractivity contribution in [1.82, 2.24) is 4.90 Å². The Labute approximate surface area is 313 Å². The van der Waals surface area contributed by atoms with Crippen LogP contribution in [0.25, 0.3) is 0 Å². The van der Waals surface area contributed by atoms with Gasteiger partial charge in [-0.15, -0.1) is 0 Å². The first kappa shape index (κ1) is 39.7. The van der Waals surface area contributed by atoms with Crippen LogP contribution in [-0.4, -0.2) is 37.4 Å². The number of amides is 2. The molecule has 5 rings (SSSR count). The highest BCUT2D eigenvalue weighted by Gasteiger charge is 2.44. The molecule has 0 bridgehead atoms. The molecule has 1 fully saturated rings. The van der Waals surface area contributed by atoms with Crippen LogP contribution >= 0.6 is 0 Å². The Kier molecular flexibility index (Phi) is 12.1. The molecule has 2 unspecified atom stereocenters. The van der Waals surface area contributed by atoms with Crippen LogP contribution in [0, 0.1) is 23.0 Å². The van der Waals surface area contributed by atoms with Gasteiger partial charge < -0.3 is 19.2 Å². The van der Waals surface area contributed by atoms with E-state index < -0.39 is 50.0 Å². The zero-order chi connectivity index (χ0) is 38.6. The summed E-state index contributed by atoms with van der Waals surface area (Å²) in [5, 5.41) is 3.52. The maximum atomic E-state index is 15.1. The molecule has 0 saturated carbocycles. The molecule has 7 nitrogen and oxygen atoms in total. The van der Waals surface area contributed by atoms with Gasteiger partial charge in [0, 0.05) is 11.1 Å². The Morgan fingerprint density at radius 1 is 0.830 bits per heavy atom. The second-order valence-electron chi connectivity index (χ2n) is 16.2. The number of cyclic esters (lactones) is 1. The predicted octanol–water partition coefficient (Wildman–Crippen LogP) is 11.0. The standard InChI is InChI=1S/C43H52F2N2O5Si/c1-42(2,3)43(4,5)51-35-24-16-31(17-25-35)39(46-34-22-20-33(45)21-23-34)36(26-27-38(52-53(6,7)8)30-14-18-32(44)19-15-30)40(48)47-37(28-50-41(47)49)29-12-10-9-11-13-29/h9-25,36-39,46H,26-28H2,1-8H3/t36-,37?,38+,39?/m1/s1. The third-order valence-electron chi connectivity index (χ3n) is 10.1. The predicted molar refractivity (Wildman–Crippen MR) is 207 cm³/mol. The highest BCUT2D eigenvalue weighted by molar-refractivity contribution is 6.69. The van der Waals surface area contributed by atoms with Gasteiger partial charge in [-0.25, -0.2) is 18.5 Å². The van der Waals surface area contributed by atoms with E-state index >= 15 is 4.79 Å². The number of ether oxygens (including phenoxy) is 2. The van der Waals surface area contributed by atoms with Crippen molar-refractivity contribution >= 4 is 26.0 Å². The van der Waals surface area contributed by atoms with Crippen molar-refractivity contribution in [2.24, 2.45) is 11.3 Å². The van der Waals surface area contributed by atoms with Gasteiger partial charge in [0.05, 0.1) is 18.1 Å². The van der Waals surface area contributed by atoms with Crippen LogP contribution in [-0.2, 0) is 14.0 Å². The van der Waals surface area contributed by atoms with Crippen molar-refractivity contribution in [3.8, 4) is 5.75 Å². The monoisotopic (exact) mass is 742 g/mol. The molecule has 2 amide bonds. The summed E-state index contributed by atoms with van der Waals surface area (Å²) in [5.41, 5.74) is 2.32. The highest BCUT2D eigenvalue weighted by atomic mass is 28.4. The average molecular weight is 743 g/mol. The molecule has 10 heteroatoms. The summed E-state index contributed by atoms with van der Waals surface area (Å²) in [6.07, 6.45) is -0.468. The van der Waals surface area contributed by atoms with Crippen molar-refractivity contribution in [1.29, 1.82) is 0 Å². The van der Waals surface area contributed by atoms with Gasteiger partial charge in [-0.2, -0.15) is 0 Å². The van der Waals surface area contributed by atoms with Gasteiger partial charge >= 0.3 is 6.09 Å². The Bertz CT molecular complexity index is 1820. The van der Waals surface area contributed by atoms with E-state index in [0.29, 0.717) is 17.9 Å². The maximum Gasteiger partial charge on any atom is 0.417 e. The Morgan fingerprint density at radius 3 is 1.96 bits per heavy atom. The van der Waals surface area contributed by atoms with Gasteiger partial charge in [0.25, 0.3) is 0 Å². The summed E-state index contributed by atoms with van der Waals surface area (Å²) in [6, 6.07) is 27.9. The molecule has 1 aliphatic rings. The second kappa shape index (κ2) is 16.2. The lowest BCUT2D eigenvalue weighted by atomic mass is 9.79. The number of nitrogens with one attached hydrogen (secondary N) is 1. The van der Waals surface area contributed by atoms with Gasteiger partial charge in [0.2, 0.25) is 5.91 Å². The summed E-state index contributed by atoms with van der Waals surface area (Å²) in [7, 11) is -2.13. The number of rotatable bonds is 14. The van der Waals surface area contributed by atoms with Crippen LogP contribution in [0.3, 0.4) is 0 Å². The number of carbonyl (C=O) groups is 2. The first-order chi connectivity index (χ1) is 24.9. The number of imide groups is 1. The third kappa shape index (κ3) is 10.1. The molecule has 4 aromatic carbocycles. The van der Waals surface area contributed by atoms with Crippen molar-refractivity contribution < 1.29 is 32.3 Å². The Morgan fingerprint density at radius 2 is 1.40 bits per heavy atom. The summed E-state index contributed by atoms with van der Waals surface area (Å²) < 4.78 is 46.7. The van der Waals surface area contributed by atoms with E-state index in [1.54, 1.807) is 24.3 Å². The highest BCUT2D eigenvalue weighted by Crippen LogP contribution is 2.40. The van der Waals surface area contributed by atoms with E-state index in [4.69, 9.17) is 13.9 Å². The molecule has 1 N–H and O–H groups in total. The molecule has 0 spiro atoms.